The zero-order chi connectivity index (χ0) is 27.9. The molecule has 10 heteroatoms. The molecule has 0 aliphatic carbocycles. The number of aryl methyl sites for hydroxylation is 1. The Morgan fingerprint density at radius 2 is 1.97 bits per heavy atom. The van der Waals surface area contributed by atoms with Crippen LogP contribution in [0.15, 0.2) is 41.4 Å². The number of nitrogens with zero attached hydrogens (tertiary/aromatic N) is 2. The molecule has 0 spiro atoms. The molecule has 4 aliphatic heterocycles. The largest absolute Gasteiger partial charge is 0.487 e. The van der Waals surface area contributed by atoms with Gasteiger partial charge in [-0.3, -0.25) is 14.5 Å². The third-order valence-electron chi connectivity index (χ3n) is 7.62. The van der Waals surface area contributed by atoms with Gasteiger partial charge in [0.2, 0.25) is 5.91 Å². The van der Waals surface area contributed by atoms with Crippen LogP contribution in [0.2, 0.25) is 0 Å². The van der Waals surface area contributed by atoms with Gasteiger partial charge in [-0.05, 0) is 75.4 Å². The number of amides is 2. The molecule has 2 aromatic carbocycles. The summed E-state index contributed by atoms with van der Waals surface area (Å²) in [6, 6.07) is 9.10. The number of alkyl halides is 2. The van der Waals surface area contributed by atoms with Crippen LogP contribution in [0.4, 0.5) is 8.78 Å². The van der Waals surface area contributed by atoms with Gasteiger partial charge in [0.25, 0.3) is 5.91 Å². The monoisotopic (exact) mass is 540 g/mol. The highest BCUT2D eigenvalue weighted by atomic mass is 19.3. The Bertz CT molecular complexity index is 1310. The van der Waals surface area contributed by atoms with Crippen LogP contribution >= 0.6 is 0 Å². The molecule has 8 nitrogen and oxygen atoms in total. The van der Waals surface area contributed by atoms with Gasteiger partial charge in [0.1, 0.15) is 17.1 Å². The number of nitrogens with one attached hydrogen (secondary N) is 1. The number of nitrogens with two attached hydrogens (primary N) is 1. The van der Waals surface area contributed by atoms with Gasteiger partial charge in [0.05, 0.1) is 18.1 Å². The van der Waals surface area contributed by atoms with Gasteiger partial charge in [-0.1, -0.05) is 18.6 Å². The fourth-order valence-electron chi connectivity index (χ4n) is 5.76. The predicted molar refractivity (Wildman–Crippen MR) is 142 cm³/mol. The molecule has 4 aliphatic rings. The molecule has 39 heavy (non-hydrogen) atoms. The number of hydrogen-bond acceptors (Lipinski definition) is 6. The number of fused-ring (bicyclic) bond motifs is 5. The van der Waals surface area contributed by atoms with Crippen LogP contribution < -0.4 is 20.5 Å². The van der Waals surface area contributed by atoms with E-state index in [2.05, 4.69) is 16.4 Å². The Morgan fingerprint density at radius 1 is 1.18 bits per heavy atom. The summed E-state index contributed by atoms with van der Waals surface area (Å²) < 4.78 is 37.3. The molecule has 0 saturated carbocycles. The third kappa shape index (κ3) is 5.84. The van der Waals surface area contributed by atoms with E-state index in [9.17, 15) is 18.4 Å². The summed E-state index contributed by atoms with van der Waals surface area (Å²) in [6.45, 7) is 2.57. The molecule has 2 amide bonds. The number of hydrogen-bond donors (Lipinski definition) is 2. The molecule has 0 aromatic heterocycles. The number of halogens is 2. The van der Waals surface area contributed by atoms with Crippen molar-refractivity contribution in [3.05, 3.63) is 58.7 Å². The second kappa shape index (κ2) is 10.5. The predicted octanol–water partition coefficient (Wildman–Crippen LogP) is 5.02. The zero-order valence-electron chi connectivity index (χ0n) is 22.4. The summed E-state index contributed by atoms with van der Waals surface area (Å²) in [5, 5.41) is 3.09. The lowest BCUT2D eigenvalue weighted by Crippen LogP contribution is -2.48. The van der Waals surface area contributed by atoms with Crippen molar-refractivity contribution in [3.63, 3.8) is 0 Å². The maximum atomic E-state index is 13.6. The maximum absolute atomic E-state index is 13.6. The highest BCUT2D eigenvalue weighted by molar-refractivity contribution is 5.99. The van der Waals surface area contributed by atoms with Gasteiger partial charge in [-0.25, -0.2) is 4.99 Å². The molecule has 4 heterocycles. The van der Waals surface area contributed by atoms with Gasteiger partial charge in [-0.2, -0.15) is 8.78 Å². The van der Waals surface area contributed by atoms with E-state index in [1.54, 1.807) is 13.0 Å². The number of aliphatic imine (C=N–C) groups is 1. The van der Waals surface area contributed by atoms with Crippen LogP contribution in [0.3, 0.4) is 0 Å². The summed E-state index contributed by atoms with van der Waals surface area (Å²) in [4.78, 5) is 32.7. The van der Waals surface area contributed by atoms with Crippen LogP contribution in [0.25, 0.3) is 0 Å². The first-order valence-corrected chi connectivity index (χ1v) is 13.4. The number of carbonyl (C=O) groups excluding carboxylic acids is 2. The molecule has 0 saturated heterocycles. The van der Waals surface area contributed by atoms with E-state index >= 15 is 0 Å². The first-order valence-electron chi connectivity index (χ1n) is 13.4. The van der Waals surface area contributed by atoms with Gasteiger partial charge in [-0.15, -0.1) is 0 Å². The SMILES string of the molecule is CC1c2cc(OC(F)F)cc(c2)C(=O)NC2CC(C)(C)Oc3ccc(cc32)CCCCC2CC(=O)N1C(N)=N2. The summed E-state index contributed by atoms with van der Waals surface area (Å²) in [6.07, 6.45) is 4.09. The average Bonchev–Trinajstić information content (AvgIpc) is 2.84. The normalized spacial score (nSPS) is 24.8. The summed E-state index contributed by atoms with van der Waals surface area (Å²) in [5.74, 6) is -0.0262. The standard InChI is InChI=1S/C29H34F2N4O4/c1-16-18-11-19(13-21(12-18)38-27(30)31)26(37)34-23-15-29(2,3)39-24-9-8-17(10-22(23)24)6-4-5-7-20-14-25(36)35(16)28(32)33-20/h8-13,16,20,23,27H,4-7,14-15H2,1-3H3,(H2,32,33)(H,34,37). The van der Waals surface area contributed by atoms with Crippen molar-refractivity contribution in [2.45, 2.75) is 89.6 Å². The first kappa shape index (κ1) is 26.9. The van der Waals surface area contributed by atoms with Crippen molar-refractivity contribution in [2.75, 3.05) is 0 Å². The molecule has 0 fully saturated rings. The number of guanidine groups is 1. The molecule has 3 atom stereocenters. The summed E-state index contributed by atoms with van der Waals surface area (Å²) >= 11 is 0. The van der Waals surface area contributed by atoms with Crippen molar-refractivity contribution in [1.29, 1.82) is 0 Å². The van der Waals surface area contributed by atoms with Crippen LogP contribution in [0.1, 0.15) is 92.0 Å². The third-order valence-corrected chi connectivity index (χ3v) is 7.62. The quantitative estimate of drug-likeness (QED) is 0.556. The Hall–Kier alpha value is -3.69. The Kier molecular flexibility index (Phi) is 7.22. The van der Waals surface area contributed by atoms with Gasteiger partial charge in [0.15, 0.2) is 5.96 Å². The maximum Gasteiger partial charge on any atom is 0.387 e. The van der Waals surface area contributed by atoms with Crippen molar-refractivity contribution in [3.8, 4) is 11.5 Å². The van der Waals surface area contributed by atoms with Crippen molar-refractivity contribution < 1.29 is 27.8 Å². The lowest BCUT2D eigenvalue weighted by Gasteiger charge is -2.38. The molecule has 2 aromatic rings. The fourth-order valence-corrected chi connectivity index (χ4v) is 5.76. The number of ether oxygens (including phenoxy) is 2. The molecule has 6 rings (SSSR count). The van der Waals surface area contributed by atoms with E-state index in [4.69, 9.17) is 15.2 Å². The van der Waals surface area contributed by atoms with E-state index < -0.39 is 24.2 Å². The Labute approximate surface area is 226 Å². The van der Waals surface area contributed by atoms with Crippen molar-refractivity contribution in [1.82, 2.24) is 10.2 Å². The number of benzene rings is 2. The van der Waals surface area contributed by atoms with Crippen LogP contribution in [0, 0.1) is 0 Å². The van der Waals surface area contributed by atoms with Crippen molar-refractivity contribution >= 4 is 17.8 Å². The van der Waals surface area contributed by atoms with Crippen molar-refractivity contribution in [2.24, 2.45) is 10.7 Å². The average molecular weight is 541 g/mol. The molecular formula is C29H34F2N4O4. The highest BCUT2D eigenvalue weighted by Gasteiger charge is 2.36. The van der Waals surface area contributed by atoms with E-state index in [-0.39, 0.29) is 41.7 Å². The molecular weight excluding hydrogens is 506 g/mol. The minimum absolute atomic E-state index is 0.0840. The lowest BCUT2D eigenvalue weighted by molar-refractivity contribution is -0.130. The minimum atomic E-state index is -3.08. The fraction of sp³-hybridized carbons (Fsp3) is 0.483. The minimum Gasteiger partial charge on any atom is -0.487 e. The highest BCUT2D eigenvalue weighted by Crippen LogP contribution is 2.40. The molecule has 3 unspecified atom stereocenters. The Morgan fingerprint density at radius 3 is 2.72 bits per heavy atom. The molecule has 3 N–H and O–H groups in total. The topological polar surface area (TPSA) is 106 Å². The molecule has 6 bridgehead atoms. The Balaban J connectivity index is 1.58. The zero-order valence-corrected chi connectivity index (χ0v) is 22.4. The first-order chi connectivity index (χ1) is 18.5. The van der Waals surface area contributed by atoms with E-state index in [1.807, 2.05) is 26.0 Å². The number of carbonyl (C=O) groups is 2. The van der Waals surface area contributed by atoms with Gasteiger partial charge in [0, 0.05) is 24.0 Å². The van der Waals surface area contributed by atoms with E-state index in [0.717, 1.165) is 36.8 Å². The summed E-state index contributed by atoms with van der Waals surface area (Å²) in [5.41, 5.74) is 8.30. The van der Waals surface area contributed by atoms with E-state index in [1.165, 1.54) is 17.0 Å². The van der Waals surface area contributed by atoms with Crippen LogP contribution in [0.5, 0.6) is 11.5 Å². The number of rotatable bonds is 2. The smallest absolute Gasteiger partial charge is 0.387 e. The molecule has 208 valence electrons. The molecule has 0 radical (unpaired) electrons. The van der Waals surface area contributed by atoms with E-state index in [0.29, 0.717) is 17.7 Å². The van der Waals surface area contributed by atoms with Gasteiger partial charge >= 0.3 is 6.61 Å². The second-order valence-corrected chi connectivity index (χ2v) is 11.2. The van der Waals surface area contributed by atoms with Crippen LogP contribution in [-0.2, 0) is 11.2 Å². The summed E-state index contributed by atoms with van der Waals surface area (Å²) in [7, 11) is 0. The lowest BCUT2D eigenvalue weighted by atomic mass is 9.88. The second-order valence-electron chi connectivity index (χ2n) is 11.2. The van der Waals surface area contributed by atoms with Crippen LogP contribution in [-0.4, -0.2) is 40.9 Å². The van der Waals surface area contributed by atoms with Gasteiger partial charge < -0.3 is 20.5 Å².